The summed E-state index contributed by atoms with van der Waals surface area (Å²) in [4.78, 5) is 0.106. The molecule has 0 amide bonds. The number of rotatable bonds is 1. The molecule has 2 nitrogen and oxygen atoms in total. The van der Waals surface area contributed by atoms with E-state index >= 15 is 0 Å². The minimum Gasteiger partial charge on any atom is -0.207 e. The molecule has 15 heavy (non-hydrogen) atoms. The van der Waals surface area contributed by atoms with Crippen LogP contribution in [-0.4, -0.2) is 8.42 Å². The van der Waals surface area contributed by atoms with Crippen LogP contribution in [0.25, 0.3) is 0 Å². The zero-order valence-corrected chi connectivity index (χ0v) is 10.3. The Morgan fingerprint density at radius 2 is 1.80 bits per heavy atom. The molecule has 0 unspecified atom stereocenters. The number of aryl methyl sites for hydroxylation is 1. The Labute approximate surface area is 98.6 Å². The summed E-state index contributed by atoms with van der Waals surface area (Å²) in [6.07, 6.45) is 4.00. The summed E-state index contributed by atoms with van der Waals surface area (Å²) < 4.78 is 22.4. The van der Waals surface area contributed by atoms with Gasteiger partial charge in [0.05, 0.1) is 4.90 Å². The second kappa shape index (κ2) is 3.96. The van der Waals surface area contributed by atoms with Gasteiger partial charge in [0.15, 0.2) is 0 Å². The summed E-state index contributed by atoms with van der Waals surface area (Å²) in [6.45, 7) is 0. The van der Waals surface area contributed by atoms with Crippen molar-refractivity contribution in [3.63, 3.8) is 0 Å². The molecule has 0 aliphatic heterocycles. The van der Waals surface area contributed by atoms with E-state index in [-0.39, 0.29) is 4.90 Å². The molecular formula is C10H10Cl2O2S. The van der Waals surface area contributed by atoms with Crippen LogP contribution in [0.5, 0.6) is 0 Å². The topological polar surface area (TPSA) is 34.1 Å². The van der Waals surface area contributed by atoms with Crippen molar-refractivity contribution in [3.8, 4) is 0 Å². The first-order chi connectivity index (χ1) is 6.98. The standard InChI is InChI=1S/C10H10Cl2O2S/c11-10-6-8(15(12,13)14)5-7-3-1-2-4-9(7)10/h5-6H,1-4H2. The van der Waals surface area contributed by atoms with E-state index in [2.05, 4.69) is 0 Å². The third-order valence-electron chi connectivity index (χ3n) is 2.67. The fraction of sp³-hybridized carbons (Fsp3) is 0.400. The molecule has 1 aliphatic carbocycles. The average Bonchev–Trinajstić information content (AvgIpc) is 2.16. The van der Waals surface area contributed by atoms with Crippen LogP contribution in [0.15, 0.2) is 17.0 Å². The number of benzene rings is 1. The van der Waals surface area contributed by atoms with Gasteiger partial charge in [0, 0.05) is 15.7 Å². The molecule has 82 valence electrons. The Bertz CT molecular complexity index is 494. The fourth-order valence-corrected chi connectivity index (χ4v) is 3.13. The molecule has 2 rings (SSSR count). The van der Waals surface area contributed by atoms with Gasteiger partial charge in [-0.1, -0.05) is 11.6 Å². The van der Waals surface area contributed by atoms with Crippen LogP contribution in [0, 0.1) is 0 Å². The Hall–Kier alpha value is -0.250. The molecule has 1 aliphatic rings. The van der Waals surface area contributed by atoms with E-state index in [9.17, 15) is 8.42 Å². The van der Waals surface area contributed by atoms with E-state index in [0.29, 0.717) is 5.02 Å². The normalized spacial score (nSPS) is 16.1. The van der Waals surface area contributed by atoms with Gasteiger partial charge in [-0.2, -0.15) is 0 Å². The smallest absolute Gasteiger partial charge is 0.207 e. The predicted octanol–water partition coefficient (Wildman–Crippen LogP) is 3.15. The number of halogens is 2. The highest BCUT2D eigenvalue weighted by Gasteiger charge is 2.18. The number of hydrogen-bond acceptors (Lipinski definition) is 2. The van der Waals surface area contributed by atoms with Gasteiger partial charge in [-0.25, -0.2) is 8.42 Å². The molecule has 0 heterocycles. The molecule has 0 aromatic heterocycles. The van der Waals surface area contributed by atoms with Gasteiger partial charge in [0.25, 0.3) is 9.05 Å². The molecule has 1 aromatic carbocycles. The molecule has 0 atom stereocenters. The van der Waals surface area contributed by atoms with Crippen LogP contribution >= 0.6 is 22.3 Å². The van der Waals surface area contributed by atoms with E-state index in [1.54, 1.807) is 6.07 Å². The first kappa shape index (κ1) is 11.2. The van der Waals surface area contributed by atoms with Crippen molar-refractivity contribution in [1.29, 1.82) is 0 Å². The summed E-state index contributed by atoms with van der Waals surface area (Å²) in [6, 6.07) is 3.08. The molecule has 0 N–H and O–H groups in total. The zero-order valence-electron chi connectivity index (χ0n) is 7.96. The van der Waals surface area contributed by atoms with Gasteiger partial charge in [-0.05, 0) is 48.9 Å². The Morgan fingerprint density at radius 1 is 1.13 bits per heavy atom. The van der Waals surface area contributed by atoms with Crippen LogP contribution in [-0.2, 0) is 21.9 Å². The minimum atomic E-state index is -3.67. The highest BCUT2D eigenvalue weighted by atomic mass is 35.7. The minimum absolute atomic E-state index is 0.106. The van der Waals surface area contributed by atoms with Crippen LogP contribution in [0.4, 0.5) is 0 Å². The van der Waals surface area contributed by atoms with Gasteiger partial charge < -0.3 is 0 Å². The van der Waals surface area contributed by atoms with E-state index in [1.807, 2.05) is 0 Å². The Kier molecular flexibility index (Phi) is 2.97. The molecule has 0 saturated carbocycles. The molecule has 0 spiro atoms. The van der Waals surface area contributed by atoms with Gasteiger partial charge >= 0.3 is 0 Å². The first-order valence-corrected chi connectivity index (χ1v) is 7.43. The van der Waals surface area contributed by atoms with Crippen molar-refractivity contribution < 1.29 is 8.42 Å². The van der Waals surface area contributed by atoms with E-state index in [4.69, 9.17) is 22.3 Å². The summed E-state index contributed by atoms with van der Waals surface area (Å²) in [5, 5.41) is 0.520. The van der Waals surface area contributed by atoms with Crippen molar-refractivity contribution >= 4 is 31.3 Å². The molecule has 1 aromatic rings. The van der Waals surface area contributed by atoms with Gasteiger partial charge in [-0.15, -0.1) is 0 Å². The second-order valence-electron chi connectivity index (χ2n) is 3.69. The Morgan fingerprint density at radius 3 is 2.47 bits per heavy atom. The van der Waals surface area contributed by atoms with Crippen molar-refractivity contribution in [3.05, 3.63) is 28.3 Å². The van der Waals surface area contributed by atoms with Gasteiger partial charge in [0.1, 0.15) is 0 Å². The zero-order chi connectivity index (χ0) is 11.1. The monoisotopic (exact) mass is 264 g/mol. The third kappa shape index (κ3) is 2.30. The van der Waals surface area contributed by atoms with E-state index < -0.39 is 9.05 Å². The lowest BCUT2D eigenvalue weighted by Crippen LogP contribution is -2.05. The fourth-order valence-electron chi connectivity index (χ4n) is 1.93. The largest absolute Gasteiger partial charge is 0.261 e. The van der Waals surface area contributed by atoms with Crippen LogP contribution < -0.4 is 0 Å². The first-order valence-electron chi connectivity index (χ1n) is 4.74. The van der Waals surface area contributed by atoms with Gasteiger partial charge in [0.2, 0.25) is 0 Å². The molecule has 0 radical (unpaired) electrons. The lowest BCUT2D eigenvalue weighted by atomic mass is 9.92. The summed E-state index contributed by atoms with van der Waals surface area (Å²) in [5.74, 6) is 0. The molecule has 0 saturated heterocycles. The van der Waals surface area contributed by atoms with Crippen molar-refractivity contribution in [2.75, 3.05) is 0 Å². The highest BCUT2D eigenvalue weighted by Crippen LogP contribution is 2.31. The second-order valence-corrected chi connectivity index (χ2v) is 6.66. The number of fused-ring (bicyclic) bond motifs is 1. The molecule has 0 bridgehead atoms. The maximum absolute atomic E-state index is 11.2. The average molecular weight is 265 g/mol. The Balaban J connectivity index is 2.60. The van der Waals surface area contributed by atoms with E-state index in [1.165, 1.54) is 6.07 Å². The SMILES string of the molecule is O=S(=O)(Cl)c1cc(Cl)c2c(c1)CCCC2. The summed E-state index contributed by atoms with van der Waals surface area (Å²) >= 11 is 6.03. The maximum atomic E-state index is 11.2. The highest BCUT2D eigenvalue weighted by molar-refractivity contribution is 8.13. The maximum Gasteiger partial charge on any atom is 0.261 e. The lowest BCUT2D eigenvalue weighted by Gasteiger charge is -2.17. The third-order valence-corrected chi connectivity index (χ3v) is 4.34. The van der Waals surface area contributed by atoms with Crippen LogP contribution in [0.1, 0.15) is 24.0 Å². The lowest BCUT2D eigenvalue weighted by molar-refractivity contribution is 0.609. The van der Waals surface area contributed by atoms with Crippen LogP contribution in [0.3, 0.4) is 0 Å². The van der Waals surface area contributed by atoms with Crippen molar-refractivity contribution in [1.82, 2.24) is 0 Å². The number of hydrogen-bond donors (Lipinski definition) is 0. The van der Waals surface area contributed by atoms with Gasteiger partial charge in [-0.3, -0.25) is 0 Å². The van der Waals surface area contributed by atoms with Crippen molar-refractivity contribution in [2.45, 2.75) is 30.6 Å². The predicted molar refractivity (Wildman–Crippen MR) is 61.1 cm³/mol. The summed E-state index contributed by atoms with van der Waals surface area (Å²) in [5.41, 5.74) is 2.10. The van der Waals surface area contributed by atoms with Crippen molar-refractivity contribution in [2.24, 2.45) is 0 Å². The molecule has 0 fully saturated rings. The van der Waals surface area contributed by atoms with Crippen LogP contribution in [0.2, 0.25) is 5.02 Å². The van der Waals surface area contributed by atoms with E-state index in [0.717, 1.165) is 36.8 Å². The molecular weight excluding hydrogens is 255 g/mol. The quantitative estimate of drug-likeness (QED) is 0.731. The summed E-state index contributed by atoms with van der Waals surface area (Å²) in [7, 11) is 1.62. The molecule has 5 heteroatoms.